The van der Waals surface area contributed by atoms with Crippen molar-refractivity contribution in [3.8, 4) is 0 Å². The minimum Gasteiger partial charge on any atom is -0.432 e. The lowest BCUT2D eigenvalue weighted by atomic mass is 10.1. The van der Waals surface area contributed by atoms with E-state index in [1.165, 1.54) is 6.92 Å². The predicted molar refractivity (Wildman–Crippen MR) is 67.3 cm³/mol. The molecule has 2 amide bonds. The quantitative estimate of drug-likeness (QED) is 0.854. The summed E-state index contributed by atoms with van der Waals surface area (Å²) in [6.07, 6.45) is -3.15. The van der Waals surface area contributed by atoms with E-state index in [1.54, 1.807) is 5.32 Å². The molecular formula is C12H7ClF3N3O3. The highest BCUT2D eigenvalue weighted by Gasteiger charge is 2.35. The first kappa shape index (κ1) is 16.0. The van der Waals surface area contributed by atoms with Crippen molar-refractivity contribution in [3.63, 3.8) is 0 Å². The van der Waals surface area contributed by atoms with Crippen LogP contribution in [0.3, 0.4) is 0 Å². The van der Waals surface area contributed by atoms with Gasteiger partial charge in [-0.25, -0.2) is 0 Å². The standard InChI is InChI=1S/C12H7ClF3N3O3/c1-5-8(18-11(13)22-5)10(21)19-9(20)6-4-17-3-2-7(6)12(14,15)16/h2-4H,1H3,(H,19,20,21). The molecule has 0 saturated carbocycles. The molecule has 0 aromatic carbocycles. The number of nitrogens with one attached hydrogen (secondary N) is 1. The molecule has 0 unspecified atom stereocenters. The molecule has 1 N–H and O–H groups in total. The number of hydrogen-bond donors (Lipinski definition) is 1. The van der Waals surface area contributed by atoms with Gasteiger partial charge in [0.25, 0.3) is 17.2 Å². The average molecular weight is 334 g/mol. The number of aryl methyl sites for hydroxylation is 1. The van der Waals surface area contributed by atoms with Gasteiger partial charge in [-0.05, 0) is 24.6 Å². The first-order chi connectivity index (χ1) is 10.2. The molecule has 0 aliphatic rings. The number of aromatic nitrogens is 2. The summed E-state index contributed by atoms with van der Waals surface area (Å²) in [6.45, 7) is 1.36. The zero-order valence-electron chi connectivity index (χ0n) is 10.9. The molecule has 2 rings (SSSR count). The van der Waals surface area contributed by atoms with Crippen molar-refractivity contribution in [1.29, 1.82) is 0 Å². The Morgan fingerprint density at radius 3 is 2.55 bits per heavy atom. The number of imide groups is 1. The molecule has 0 fully saturated rings. The van der Waals surface area contributed by atoms with Gasteiger partial charge >= 0.3 is 6.18 Å². The van der Waals surface area contributed by atoms with Crippen molar-refractivity contribution in [2.45, 2.75) is 13.1 Å². The van der Waals surface area contributed by atoms with E-state index in [2.05, 4.69) is 9.97 Å². The van der Waals surface area contributed by atoms with Gasteiger partial charge in [-0.15, -0.1) is 0 Å². The Bertz CT molecular complexity index is 743. The zero-order chi connectivity index (χ0) is 16.5. The van der Waals surface area contributed by atoms with Crippen LogP contribution in [0, 0.1) is 6.92 Å². The summed E-state index contributed by atoms with van der Waals surface area (Å²) in [4.78, 5) is 30.6. The summed E-state index contributed by atoms with van der Waals surface area (Å²) in [6, 6.07) is 0.637. The summed E-state index contributed by atoms with van der Waals surface area (Å²) in [5.41, 5.74) is -2.28. The molecule has 10 heteroatoms. The average Bonchev–Trinajstić information content (AvgIpc) is 2.76. The molecule has 116 valence electrons. The van der Waals surface area contributed by atoms with E-state index in [0.29, 0.717) is 12.3 Å². The summed E-state index contributed by atoms with van der Waals surface area (Å²) < 4.78 is 43.2. The third-order valence-corrected chi connectivity index (χ3v) is 2.75. The topological polar surface area (TPSA) is 85.1 Å². The molecule has 0 aliphatic carbocycles. The molecule has 0 aliphatic heterocycles. The van der Waals surface area contributed by atoms with Crippen LogP contribution < -0.4 is 5.32 Å². The number of amides is 2. The number of carbonyl (C=O) groups excluding carboxylic acids is 2. The summed E-state index contributed by atoms with van der Waals surface area (Å²) in [5, 5.41) is 1.45. The zero-order valence-corrected chi connectivity index (χ0v) is 11.6. The molecule has 2 aromatic rings. The normalized spacial score (nSPS) is 11.3. The Balaban J connectivity index is 2.27. The van der Waals surface area contributed by atoms with E-state index in [-0.39, 0.29) is 16.8 Å². The van der Waals surface area contributed by atoms with Crippen LogP contribution >= 0.6 is 11.6 Å². The Morgan fingerprint density at radius 1 is 1.32 bits per heavy atom. The second-order valence-electron chi connectivity index (χ2n) is 4.07. The largest absolute Gasteiger partial charge is 0.432 e. The van der Waals surface area contributed by atoms with Crippen molar-refractivity contribution in [3.05, 3.63) is 46.4 Å². The molecule has 6 nitrogen and oxygen atoms in total. The van der Waals surface area contributed by atoms with Gasteiger partial charge < -0.3 is 4.42 Å². The van der Waals surface area contributed by atoms with Crippen LogP contribution in [0.1, 0.15) is 32.2 Å². The Hall–Kier alpha value is -2.42. The van der Waals surface area contributed by atoms with E-state index < -0.39 is 29.1 Å². The van der Waals surface area contributed by atoms with Crippen molar-refractivity contribution in [1.82, 2.24) is 15.3 Å². The molecule has 2 heterocycles. The van der Waals surface area contributed by atoms with Crippen LogP contribution in [0.4, 0.5) is 13.2 Å². The Kier molecular flexibility index (Phi) is 4.18. The number of carbonyl (C=O) groups is 2. The van der Waals surface area contributed by atoms with Gasteiger partial charge in [0.2, 0.25) is 0 Å². The predicted octanol–water partition coefficient (Wildman–Crippen LogP) is 2.62. The second-order valence-corrected chi connectivity index (χ2v) is 4.40. The van der Waals surface area contributed by atoms with Crippen LogP contribution in [-0.4, -0.2) is 21.8 Å². The molecule has 0 spiro atoms. The highest BCUT2D eigenvalue weighted by atomic mass is 35.5. The minimum atomic E-state index is -4.76. The fourth-order valence-electron chi connectivity index (χ4n) is 1.63. The molecule has 0 atom stereocenters. The van der Waals surface area contributed by atoms with Gasteiger partial charge in [0.05, 0.1) is 11.1 Å². The maximum absolute atomic E-state index is 12.8. The van der Waals surface area contributed by atoms with Gasteiger partial charge in [-0.3, -0.25) is 19.9 Å². The van der Waals surface area contributed by atoms with Gasteiger partial charge in [-0.2, -0.15) is 18.2 Å². The number of hydrogen-bond acceptors (Lipinski definition) is 5. The SMILES string of the molecule is Cc1oc(Cl)nc1C(=O)NC(=O)c1cnccc1C(F)(F)F. The maximum atomic E-state index is 12.8. The number of alkyl halides is 3. The van der Waals surface area contributed by atoms with E-state index in [1.807, 2.05) is 0 Å². The molecule has 0 bridgehead atoms. The highest BCUT2D eigenvalue weighted by Crippen LogP contribution is 2.31. The highest BCUT2D eigenvalue weighted by molar-refractivity contribution is 6.28. The summed E-state index contributed by atoms with van der Waals surface area (Å²) in [7, 11) is 0. The Labute approximate surface area is 126 Å². The summed E-state index contributed by atoms with van der Waals surface area (Å²) in [5.74, 6) is -2.27. The smallest absolute Gasteiger partial charge is 0.417 e. The van der Waals surface area contributed by atoms with Gasteiger partial charge in [0.1, 0.15) is 5.76 Å². The van der Waals surface area contributed by atoms with Crippen molar-refractivity contribution < 1.29 is 27.2 Å². The molecule has 0 radical (unpaired) electrons. The van der Waals surface area contributed by atoms with Crippen molar-refractivity contribution in [2.24, 2.45) is 0 Å². The van der Waals surface area contributed by atoms with Crippen molar-refractivity contribution >= 4 is 23.4 Å². The number of pyridine rings is 1. The van der Waals surface area contributed by atoms with E-state index in [0.717, 1.165) is 6.20 Å². The van der Waals surface area contributed by atoms with E-state index in [9.17, 15) is 22.8 Å². The lowest BCUT2D eigenvalue weighted by Gasteiger charge is -2.11. The second kappa shape index (κ2) is 5.76. The molecule has 22 heavy (non-hydrogen) atoms. The van der Waals surface area contributed by atoms with Crippen LogP contribution in [0.2, 0.25) is 5.35 Å². The van der Waals surface area contributed by atoms with Crippen LogP contribution in [0.25, 0.3) is 0 Å². The Morgan fingerprint density at radius 2 is 2.00 bits per heavy atom. The fourth-order valence-corrected chi connectivity index (χ4v) is 1.83. The number of halogens is 4. The monoisotopic (exact) mass is 333 g/mol. The maximum Gasteiger partial charge on any atom is 0.417 e. The number of nitrogens with zero attached hydrogens (tertiary/aromatic N) is 2. The lowest BCUT2D eigenvalue weighted by molar-refractivity contribution is -0.138. The van der Waals surface area contributed by atoms with Gasteiger partial charge in [0.15, 0.2) is 5.69 Å². The van der Waals surface area contributed by atoms with E-state index >= 15 is 0 Å². The summed E-state index contributed by atoms with van der Waals surface area (Å²) >= 11 is 5.45. The van der Waals surface area contributed by atoms with Crippen LogP contribution in [0.5, 0.6) is 0 Å². The molecular weight excluding hydrogens is 327 g/mol. The van der Waals surface area contributed by atoms with Crippen molar-refractivity contribution in [2.75, 3.05) is 0 Å². The third kappa shape index (κ3) is 3.25. The van der Waals surface area contributed by atoms with Crippen LogP contribution in [0.15, 0.2) is 22.9 Å². The van der Waals surface area contributed by atoms with E-state index in [4.69, 9.17) is 16.0 Å². The number of oxazole rings is 1. The van der Waals surface area contributed by atoms with Gasteiger partial charge in [0, 0.05) is 12.4 Å². The first-order valence-electron chi connectivity index (χ1n) is 5.70. The molecule has 2 aromatic heterocycles. The first-order valence-corrected chi connectivity index (χ1v) is 6.07. The minimum absolute atomic E-state index is 0.0255. The third-order valence-electron chi connectivity index (χ3n) is 2.58. The van der Waals surface area contributed by atoms with Crippen LogP contribution in [-0.2, 0) is 6.18 Å². The number of rotatable bonds is 2. The molecule has 0 saturated heterocycles. The lowest BCUT2D eigenvalue weighted by Crippen LogP contribution is -2.32. The van der Waals surface area contributed by atoms with Gasteiger partial charge in [-0.1, -0.05) is 0 Å². The fraction of sp³-hybridized carbons (Fsp3) is 0.167.